The average molecular weight is 620 g/mol. The molecule has 0 unspecified atom stereocenters. The van der Waals surface area contributed by atoms with Crippen molar-refractivity contribution in [3.8, 4) is 11.4 Å². The van der Waals surface area contributed by atoms with Crippen LogP contribution >= 0.6 is 0 Å². The van der Waals surface area contributed by atoms with Gasteiger partial charge in [-0.2, -0.15) is 10.1 Å². The first-order valence-corrected chi connectivity index (χ1v) is 16.1. The van der Waals surface area contributed by atoms with Crippen molar-refractivity contribution < 1.29 is 9.53 Å². The Labute approximate surface area is 265 Å². The van der Waals surface area contributed by atoms with Gasteiger partial charge in [0.1, 0.15) is 11.1 Å². The first kappa shape index (κ1) is 28.5. The molecule has 8 rings (SSSR count). The minimum absolute atomic E-state index is 0.0196. The maximum atomic E-state index is 13.6. The number of nitrogens with zero attached hydrogens (tertiary/aromatic N) is 8. The zero-order chi connectivity index (χ0) is 31.4. The van der Waals surface area contributed by atoms with Gasteiger partial charge < -0.3 is 19.9 Å². The average Bonchev–Trinajstić information content (AvgIpc) is 3.60. The van der Waals surface area contributed by atoms with E-state index in [-0.39, 0.29) is 18.1 Å². The zero-order valence-electron chi connectivity index (χ0n) is 26.1. The van der Waals surface area contributed by atoms with Crippen LogP contribution in [0, 0.1) is 0 Å². The van der Waals surface area contributed by atoms with E-state index in [0.29, 0.717) is 59.3 Å². The predicted molar refractivity (Wildman–Crippen MR) is 177 cm³/mol. The number of likely N-dealkylation sites (tertiary alicyclic amines) is 1. The molecule has 0 aliphatic carbocycles. The fourth-order valence-corrected chi connectivity index (χ4v) is 6.94. The Bertz CT molecular complexity index is 2050. The van der Waals surface area contributed by atoms with E-state index in [1.165, 1.54) is 0 Å². The van der Waals surface area contributed by atoms with Gasteiger partial charge in [0, 0.05) is 42.9 Å². The number of piperidine rings is 1. The van der Waals surface area contributed by atoms with Crippen LogP contribution < -0.4 is 20.5 Å². The molecule has 0 spiro atoms. The maximum absolute atomic E-state index is 13.6. The van der Waals surface area contributed by atoms with Crippen molar-refractivity contribution in [3.05, 3.63) is 71.3 Å². The Balaban J connectivity index is 1.14. The van der Waals surface area contributed by atoms with Crippen molar-refractivity contribution in [3.63, 3.8) is 0 Å². The summed E-state index contributed by atoms with van der Waals surface area (Å²) in [5.41, 5.74) is 3.65. The number of aromatic nitrogens is 6. The van der Waals surface area contributed by atoms with E-state index in [9.17, 15) is 9.59 Å². The van der Waals surface area contributed by atoms with Gasteiger partial charge in [-0.25, -0.2) is 14.3 Å². The minimum Gasteiger partial charge on any atom is -0.482 e. The van der Waals surface area contributed by atoms with Gasteiger partial charge in [0.25, 0.3) is 11.5 Å². The fourth-order valence-electron chi connectivity index (χ4n) is 6.94. The Morgan fingerprint density at radius 3 is 2.72 bits per heavy atom. The molecule has 0 radical (unpaired) electrons. The van der Waals surface area contributed by atoms with Gasteiger partial charge in [0.15, 0.2) is 12.3 Å². The smallest absolute Gasteiger partial charge is 0.278 e. The highest BCUT2D eigenvalue weighted by Crippen LogP contribution is 2.35. The lowest BCUT2D eigenvalue weighted by molar-refractivity contribution is -0.121. The molecule has 5 aromatic rings. The van der Waals surface area contributed by atoms with Crippen LogP contribution in [0.5, 0.6) is 5.75 Å². The molecule has 3 aliphatic heterocycles. The third-order valence-electron chi connectivity index (χ3n) is 9.43. The number of hydrogen-bond acceptors (Lipinski definition) is 8. The topological polar surface area (TPSA) is 115 Å². The lowest BCUT2D eigenvalue weighted by Gasteiger charge is -2.34. The first-order chi connectivity index (χ1) is 22.4. The van der Waals surface area contributed by atoms with Crippen molar-refractivity contribution in [2.75, 3.05) is 36.5 Å². The normalized spacial score (nSPS) is 18.3. The van der Waals surface area contributed by atoms with Crippen LogP contribution in [0.25, 0.3) is 27.6 Å². The van der Waals surface area contributed by atoms with Crippen LogP contribution in [-0.2, 0) is 11.3 Å². The molecule has 1 N–H and O–H groups in total. The Kier molecular flexibility index (Phi) is 7.08. The number of hydrogen-bond donors (Lipinski definition) is 1. The van der Waals surface area contributed by atoms with Crippen LogP contribution in [0.15, 0.2) is 65.7 Å². The van der Waals surface area contributed by atoms with E-state index in [0.717, 1.165) is 55.4 Å². The maximum Gasteiger partial charge on any atom is 0.278 e. The molecule has 0 saturated carbocycles. The lowest BCUT2D eigenvalue weighted by Crippen LogP contribution is -2.39. The van der Waals surface area contributed by atoms with E-state index < -0.39 is 0 Å². The van der Waals surface area contributed by atoms with Crippen molar-refractivity contribution in [2.24, 2.45) is 0 Å². The number of rotatable bonds is 4. The van der Waals surface area contributed by atoms with Crippen LogP contribution in [0.3, 0.4) is 0 Å². The van der Waals surface area contributed by atoms with Crippen LogP contribution in [0.2, 0.25) is 0 Å². The van der Waals surface area contributed by atoms with Gasteiger partial charge in [-0.1, -0.05) is 12.2 Å². The third kappa shape index (κ3) is 4.93. The highest BCUT2D eigenvalue weighted by Gasteiger charge is 2.27. The summed E-state index contributed by atoms with van der Waals surface area (Å²) in [6.07, 6.45) is 11.3. The van der Waals surface area contributed by atoms with E-state index in [2.05, 4.69) is 51.9 Å². The summed E-state index contributed by atoms with van der Waals surface area (Å²) in [5.74, 6) is 0.951. The van der Waals surface area contributed by atoms with Gasteiger partial charge in [0.05, 0.1) is 35.7 Å². The number of carbonyl (C=O) groups is 1. The monoisotopic (exact) mass is 619 g/mol. The SMILES string of the molecule is CC(C)N1CCC(n2ncc3cc(Nc4ncc5c(=O)n6n(c5n4)-c4ccc5c(c4)N(CCC/C=C\C6)C(=O)CO5)ccc32)CC1. The summed E-state index contributed by atoms with van der Waals surface area (Å²) in [6.45, 7) is 7.68. The van der Waals surface area contributed by atoms with Crippen LogP contribution in [0.1, 0.15) is 45.6 Å². The molecule has 6 heterocycles. The molecule has 2 aromatic carbocycles. The molecule has 3 aliphatic rings. The second-order valence-electron chi connectivity index (χ2n) is 12.6. The Hall–Kier alpha value is -4.97. The molecular formula is C34H37N9O3. The van der Waals surface area contributed by atoms with Crippen molar-refractivity contribution in [1.29, 1.82) is 0 Å². The standard InChI is InChI=1S/C34H37N9O3/c1-22(2)39-15-11-25(12-16-39)42-28-9-7-24(17-23(28)19-36-42)37-34-35-20-27-32(38-34)43-26-8-10-30-29(18-26)40(31(44)21-46-30)13-5-3-4-6-14-41(43)33(27)45/h4,6-10,17-20,22,25H,3,5,11-16,21H2,1-2H3,(H,35,37,38)/b6-4-. The number of amides is 1. The van der Waals surface area contributed by atoms with E-state index in [1.807, 2.05) is 41.2 Å². The number of benzene rings is 2. The summed E-state index contributed by atoms with van der Waals surface area (Å²) >= 11 is 0. The van der Waals surface area contributed by atoms with Gasteiger partial charge in [-0.05, 0) is 75.9 Å². The quantitative estimate of drug-likeness (QED) is 0.286. The number of anilines is 3. The second kappa shape index (κ2) is 11.4. The molecule has 46 heavy (non-hydrogen) atoms. The van der Waals surface area contributed by atoms with Gasteiger partial charge >= 0.3 is 0 Å². The largest absolute Gasteiger partial charge is 0.482 e. The molecule has 1 fully saturated rings. The van der Waals surface area contributed by atoms with Gasteiger partial charge in [-0.15, -0.1) is 0 Å². The summed E-state index contributed by atoms with van der Waals surface area (Å²) in [7, 11) is 0. The molecule has 0 atom stereocenters. The van der Waals surface area contributed by atoms with Crippen LogP contribution in [0.4, 0.5) is 17.3 Å². The zero-order valence-corrected chi connectivity index (χ0v) is 26.1. The second-order valence-corrected chi connectivity index (χ2v) is 12.6. The van der Waals surface area contributed by atoms with Crippen molar-refractivity contribution in [2.45, 2.75) is 58.2 Å². The summed E-state index contributed by atoms with van der Waals surface area (Å²) in [5, 5.41) is 9.58. The molecule has 2 bridgehead atoms. The third-order valence-corrected chi connectivity index (χ3v) is 9.43. The molecule has 1 amide bonds. The summed E-state index contributed by atoms with van der Waals surface area (Å²) in [4.78, 5) is 40.1. The van der Waals surface area contributed by atoms with Gasteiger partial charge in [0.2, 0.25) is 5.95 Å². The Morgan fingerprint density at radius 1 is 1.00 bits per heavy atom. The molecule has 236 valence electrons. The Morgan fingerprint density at radius 2 is 1.87 bits per heavy atom. The lowest BCUT2D eigenvalue weighted by atomic mass is 10.0. The number of allylic oxidation sites excluding steroid dienone is 2. The van der Waals surface area contributed by atoms with Crippen LogP contribution in [-0.4, -0.2) is 72.2 Å². The van der Waals surface area contributed by atoms with E-state index >= 15 is 0 Å². The molecular weight excluding hydrogens is 582 g/mol. The number of carbonyl (C=O) groups excluding carboxylic acids is 1. The molecule has 12 heteroatoms. The van der Waals surface area contributed by atoms with E-state index in [1.54, 1.807) is 15.8 Å². The van der Waals surface area contributed by atoms with Crippen molar-refractivity contribution >= 4 is 45.2 Å². The number of fused-ring (bicyclic) bond motifs is 6. The first-order valence-electron chi connectivity index (χ1n) is 16.1. The predicted octanol–water partition coefficient (Wildman–Crippen LogP) is 4.80. The number of ether oxygens (including phenoxy) is 1. The molecule has 3 aromatic heterocycles. The number of nitrogens with one attached hydrogen (secondary N) is 1. The van der Waals surface area contributed by atoms with Crippen molar-refractivity contribution in [1.82, 2.24) is 34.0 Å². The van der Waals surface area contributed by atoms with E-state index in [4.69, 9.17) is 14.8 Å². The molecule has 1 saturated heterocycles. The summed E-state index contributed by atoms with van der Waals surface area (Å²) in [6, 6.07) is 12.8. The summed E-state index contributed by atoms with van der Waals surface area (Å²) < 4.78 is 11.4. The highest BCUT2D eigenvalue weighted by molar-refractivity contribution is 5.98. The highest BCUT2D eigenvalue weighted by atomic mass is 16.5. The van der Waals surface area contributed by atoms with Gasteiger partial charge in [-0.3, -0.25) is 14.3 Å². The fraction of sp³-hybridized carbons (Fsp3) is 0.382. The molecule has 12 nitrogen and oxygen atoms in total. The minimum atomic E-state index is -0.182.